The van der Waals surface area contributed by atoms with E-state index in [4.69, 9.17) is 4.74 Å². The minimum atomic E-state index is -0.650. The second-order valence-corrected chi connectivity index (χ2v) is 10.5. The fourth-order valence-corrected chi connectivity index (χ4v) is 8.20. The fraction of sp³-hybridized carbons (Fsp3) is 0.826. The van der Waals surface area contributed by atoms with Gasteiger partial charge >= 0.3 is 5.97 Å². The third-order valence-corrected chi connectivity index (χ3v) is 9.80. The van der Waals surface area contributed by atoms with Gasteiger partial charge in [-0.1, -0.05) is 13.8 Å². The molecule has 4 aliphatic carbocycles. The molecule has 0 spiro atoms. The van der Waals surface area contributed by atoms with Gasteiger partial charge in [-0.25, -0.2) is 4.79 Å². The molecule has 0 aromatic heterocycles. The number of esters is 1. The maximum atomic E-state index is 12.1. The van der Waals surface area contributed by atoms with Gasteiger partial charge in [0.15, 0.2) is 0 Å². The summed E-state index contributed by atoms with van der Waals surface area (Å²) in [6.45, 7) is 5.08. The topological polar surface area (TPSA) is 63.6 Å². The number of ether oxygens (including phenoxy) is 1. The summed E-state index contributed by atoms with van der Waals surface area (Å²) in [7, 11) is 0. The number of cyclic esters (lactones) is 1. The summed E-state index contributed by atoms with van der Waals surface area (Å²) in [4.78, 5) is 23.7. The molecule has 0 aromatic carbocycles. The minimum Gasteiger partial charge on any atom is -0.458 e. The van der Waals surface area contributed by atoms with E-state index in [0.29, 0.717) is 30.1 Å². The monoisotopic (exact) mass is 372 g/mol. The van der Waals surface area contributed by atoms with Crippen molar-refractivity contribution in [3.8, 4) is 0 Å². The Hall–Kier alpha value is -1.16. The van der Waals surface area contributed by atoms with E-state index < -0.39 is 5.60 Å². The smallest absolute Gasteiger partial charge is 0.331 e. The van der Waals surface area contributed by atoms with Gasteiger partial charge in [0.2, 0.25) is 0 Å². The van der Waals surface area contributed by atoms with Crippen molar-refractivity contribution in [2.75, 3.05) is 6.61 Å². The van der Waals surface area contributed by atoms with Gasteiger partial charge in [0.05, 0.1) is 5.60 Å². The van der Waals surface area contributed by atoms with E-state index in [1.54, 1.807) is 6.08 Å². The van der Waals surface area contributed by atoms with E-state index in [0.717, 1.165) is 63.4 Å². The largest absolute Gasteiger partial charge is 0.458 e. The average Bonchev–Trinajstić information content (AvgIpc) is 3.16. The van der Waals surface area contributed by atoms with Crippen molar-refractivity contribution in [1.82, 2.24) is 0 Å². The van der Waals surface area contributed by atoms with Gasteiger partial charge in [-0.2, -0.15) is 0 Å². The quantitative estimate of drug-likeness (QED) is 0.711. The lowest BCUT2D eigenvalue weighted by Gasteiger charge is -2.63. The minimum absolute atomic E-state index is 0.165. The van der Waals surface area contributed by atoms with Crippen LogP contribution in [0.25, 0.3) is 0 Å². The van der Waals surface area contributed by atoms with Crippen LogP contribution in [0.3, 0.4) is 0 Å². The third-order valence-electron chi connectivity index (χ3n) is 9.80. The van der Waals surface area contributed by atoms with Crippen LogP contribution >= 0.6 is 0 Å². The van der Waals surface area contributed by atoms with Gasteiger partial charge in [0, 0.05) is 24.3 Å². The van der Waals surface area contributed by atoms with E-state index in [1.807, 2.05) is 0 Å². The lowest BCUT2D eigenvalue weighted by molar-refractivity contribution is -0.203. The van der Waals surface area contributed by atoms with E-state index in [-0.39, 0.29) is 22.7 Å². The first-order valence-corrected chi connectivity index (χ1v) is 10.9. The molecule has 0 unspecified atom stereocenters. The van der Waals surface area contributed by atoms with E-state index >= 15 is 0 Å². The highest BCUT2D eigenvalue weighted by atomic mass is 16.5. The zero-order valence-electron chi connectivity index (χ0n) is 16.6. The second kappa shape index (κ2) is 5.68. The number of fused-ring (bicyclic) bond motifs is 5. The Balaban J connectivity index is 1.48. The van der Waals surface area contributed by atoms with Crippen molar-refractivity contribution in [3.05, 3.63) is 11.6 Å². The summed E-state index contributed by atoms with van der Waals surface area (Å²) in [6.07, 6.45) is 10.2. The molecule has 0 amide bonds. The number of hydrogen-bond acceptors (Lipinski definition) is 4. The van der Waals surface area contributed by atoms with Crippen LogP contribution in [-0.2, 0) is 14.3 Å². The van der Waals surface area contributed by atoms with Gasteiger partial charge < -0.3 is 9.84 Å². The molecule has 27 heavy (non-hydrogen) atoms. The Labute approximate surface area is 161 Å². The van der Waals surface area contributed by atoms with Crippen LogP contribution in [0.2, 0.25) is 0 Å². The first kappa shape index (κ1) is 17.9. The van der Waals surface area contributed by atoms with Crippen molar-refractivity contribution in [2.24, 2.45) is 34.5 Å². The van der Waals surface area contributed by atoms with Crippen molar-refractivity contribution < 1.29 is 19.4 Å². The maximum absolute atomic E-state index is 12.1. The lowest BCUT2D eigenvalue weighted by atomic mass is 9.43. The van der Waals surface area contributed by atoms with Crippen molar-refractivity contribution in [2.45, 2.75) is 77.2 Å². The molecular weight excluding hydrogens is 340 g/mol. The van der Waals surface area contributed by atoms with Gasteiger partial charge in [-0.3, -0.25) is 4.79 Å². The highest BCUT2D eigenvalue weighted by Gasteiger charge is 2.67. The standard InChI is InChI=1S/C23H32O4/c1-21-8-5-16(24)12-15(21)3-4-19-18(21)6-9-22(2)17(7-10-23(19,22)26)14-11-20(25)27-13-14/h11,15,17-19,26H,3-10,12-13H2,1-2H3/t15-,17+,18-,19+,21-,22-,23+/m1/s1. The zero-order valence-corrected chi connectivity index (χ0v) is 16.6. The molecule has 4 nitrogen and oxygen atoms in total. The molecule has 1 N–H and O–H groups in total. The normalized spacial score (nSPS) is 51.9. The summed E-state index contributed by atoms with van der Waals surface area (Å²) >= 11 is 0. The molecule has 7 atom stereocenters. The van der Waals surface area contributed by atoms with Gasteiger partial charge in [0.25, 0.3) is 0 Å². The van der Waals surface area contributed by atoms with Crippen LogP contribution < -0.4 is 0 Å². The fourth-order valence-electron chi connectivity index (χ4n) is 8.20. The van der Waals surface area contributed by atoms with Crippen LogP contribution in [0.1, 0.15) is 71.6 Å². The van der Waals surface area contributed by atoms with Crippen molar-refractivity contribution in [1.29, 1.82) is 0 Å². The van der Waals surface area contributed by atoms with Crippen molar-refractivity contribution >= 4 is 11.8 Å². The van der Waals surface area contributed by atoms with Gasteiger partial charge in [-0.15, -0.1) is 0 Å². The molecule has 4 heteroatoms. The summed E-state index contributed by atoms with van der Waals surface area (Å²) in [6, 6.07) is 0. The van der Waals surface area contributed by atoms with Crippen LogP contribution in [0, 0.1) is 34.5 Å². The molecule has 0 radical (unpaired) electrons. The highest BCUT2D eigenvalue weighted by molar-refractivity contribution is 5.85. The van der Waals surface area contributed by atoms with Crippen molar-refractivity contribution in [3.63, 3.8) is 0 Å². The molecule has 0 aromatic rings. The zero-order chi connectivity index (χ0) is 19.0. The molecule has 1 heterocycles. The molecule has 1 aliphatic heterocycles. The molecule has 5 aliphatic rings. The number of carbonyl (C=O) groups excluding carboxylic acids is 2. The van der Waals surface area contributed by atoms with E-state index in [2.05, 4.69) is 13.8 Å². The number of hydrogen-bond donors (Lipinski definition) is 1. The number of rotatable bonds is 1. The molecule has 5 rings (SSSR count). The van der Waals surface area contributed by atoms with E-state index in [1.165, 1.54) is 0 Å². The van der Waals surface area contributed by atoms with Crippen LogP contribution in [0.4, 0.5) is 0 Å². The summed E-state index contributed by atoms with van der Waals surface area (Å²) < 4.78 is 5.19. The Bertz CT molecular complexity index is 726. The third kappa shape index (κ3) is 2.25. The van der Waals surface area contributed by atoms with Crippen LogP contribution in [-0.4, -0.2) is 29.1 Å². The molecule has 0 saturated heterocycles. The van der Waals surface area contributed by atoms with Crippen LogP contribution in [0.15, 0.2) is 11.6 Å². The first-order valence-electron chi connectivity index (χ1n) is 10.9. The number of ketones is 1. The molecule has 0 bridgehead atoms. The summed E-state index contributed by atoms with van der Waals surface area (Å²) in [5.41, 5.74) is 0.488. The first-order chi connectivity index (χ1) is 12.8. The Kier molecular flexibility index (Phi) is 3.77. The Morgan fingerprint density at radius 3 is 2.59 bits per heavy atom. The highest BCUT2D eigenvalue weighted by Crippen LogP contribution is 2.69. The SMILES string of the molecule is C[C@@]12CCC(=O)C[C@H]1CC[C@H]1[C@H]2CC[C@]2(C)[C@H](C3=CC(=O)OC3)CC[C@]12O. The van der Waals surface area contributed by atoms with Gasteiger partial charge in [-0.05, 0) is 79.6 Å². The summed E-state index contributed by atoms with van der Waals surface area (Å²) in [5, 5.41) is 12.1. The van der Waals surface area contributed by atoms with E-state index in [9.17, 15) is 14.7 Å². The van der Waals surface area contributed by atoms with Gasteiger partial charge in [0.1, 0.15) is 12.4 Å². The molecular formula is C23H32O4. The number of aliphatic hydroxyl groups is 1. The Morgan fingerprint density at radius 1 is 1.04 bits per heavy atom. The Morgan fingerprint density at radius 2 is 1.85 bits per heavy atom. The second-order valence-electron chi connectivity index (χ2n) is 10.5. The average molecular weight is 373 g/mol. The predicted octanol–water partition coefficient (Wildman–Crippen LogP) is 3.81. The number of carbonyl (C=O) groups is 2. The van der Waals surface area contributed by atoms with Crippen LogP contribution in [0.5, 0.6) is 0 Å². The lowest BCUT2D eigenvalue weighted by Crippen LogP contribution is -2.62. The molecule has 148 valence electrons. The maximum Gasteiger partial charge on any atom is 0.331 e. The number of Topliss-reactive ketones (excluding diaryl/α,β-unsaturated/α-hetero) is 1. The summed E-state index contributed by atoms with van der Waals surface area (Å²) in [5.74, 6) is 1.83. The predicted molar refractivity (Wildman–Crippen MR) is 101 cm³/mol. The molecule has 4 saturated carbocycles. The molecule has 4 fully saturated rings.